The van der Waals surface area contributed by atoms with Crippen LogP contribution in [0.25, 0.3) is 0 Å². The van der Waals surface area contributed by atoms with E-state index in [1.807, 2.05) is 6.92 Å². The summed E-state index contributed by atoms with van der Waals surface area (Å²) < 4.78 is 27.1. The number of rotatable bonds is 6. The lowest BCUT2D eigenvalue weighted by molar-refractivity contribution is -0.116. The number of aromatic nitrogens is 2. The molecule has 0 saturated carbocycles. The van der Waals surface area contributed by atoms with Gasteiger partial charge < -0.3 is 5.32 Å². The molecule has 9 heteroatoms. The maximum Gasteiger partial charge on any atom is 0.240 e. The van der Waals surface area contributed by atoms with Gasteiger partial charge in [0, 0.05) is 29.2 Å². The lowest BCUT2D eigenvalue weighted by Crippen LogP contribution is -2.27. The van der Waals surface area contributed by atoms with Gasteiger partial charge >= 0.3 is 0 Å². The molecule has 0 radical (unpaired) electrons. The summed E-state index contributed by atoms with van der Waals surface area (Å²) in [6, 6.07) is 8.03. The molecule has 1 heterocycles. The molecule has 2 rings (SSSR count). The van der Waals surface area contributed by atoms with Crippen LogP contribution in [0.1, 0.15) is 12.1 Å². The Balaban J connectivity index is 1.86. The van der Waals surface area contributed by atoms with E-state index < -0.39 is 10.0 Å². The number of nitrogens with one attached hydrogen (secondary N) is 3. The molecule has 0 spiro atoms. The van der Waals surface area contributed by atoms with Gasteiger partial charge in [-0.05, 0) is 25.1 Å². The van der Waals surface area contributed by atoms with Crippen LogP contribution in [0, 0.1) is 6.92 Å². The zero-order valence-corrected chi connectivity index (χ0v) is 14.2. The highest BCUT2D eigenvalue weighted by atomic mass is 79.9. The van der Waals surface area contributed by atoms with Gasteiger partial charge in [-0.25, -0.2) is 13.1 Å². The average Bonchev–Trinajstić information content (AvgIpc) is 2.84. The Morgan fingerprint density at radius 2 is 2.14 bits per heavy atom. The van der Waals surface area contributed by atoms with Crippen LogP contribution < -0.4 is 10.0 Å². The number of amides is 1. The number of carbonyl (C=O) groups excluding carboxylic acids is 1. The predicted octanol–water partition coefficient (Wildman–Crippen LogP) is 1.79. The second-order valence-corrected chi connectivity index (χ2v) is 7.27. The van der Waals surface area contributed by atoms with Gasteiger partial charge in [0.1, 0.15) is 0 Å². The Hall–Kier alpha value is -1.71. The van der Waals surface area contributed by atoms with E-state index in [2.05, 4.69) is 36.2 Å². The first-order valence-electron chi connectivity index (χ1n) is 6.44. The maximum atomic E-state index is 12.0. The minimum absolute atomic E-state index is 0.00405. The molecule has 0 aliphatic heterocycles. The minimum atomic E-state index is -3.63. The summed E-state index contributed by atoms with van der Waals surface area (Å²) in [6.45, 7) is 1.82. The third-order valence-electron chi connectivity index (χ3n) is 2.72. The molecule has 22 heavy (non-hydrogen) atoms. The summed E-state index contributed by atoms with van der Waals surface area (Å²) in [6.07, 6.45) is 0.0130. The largest absolute Gasteiger partial charge is 0.309 e. The molecule has 0 atom stereocenters. The topological polar surface area (TPSA) is 104 Å². The van der Waals surface area contributed by atoms with E-state index in [-0.39, 0.29) is 23.8 Å². The molecule has 2 aromatic rings. The molecule has 0 saturated heterocycles. The number of hydrogen-bond acceptors (Lipinski definition) is 4. The van der Waals surface area contributed by atoms with Crippen molar-refractivity contribution in [3.8, 4) is 0 Å². The van der Waals surface area contributed by atoms with E-state index in [0.717, 1.165) is 5.69 Å². The fourth-order valence-corrected chi connectivity index (χ4v) is 3.33. The van der Waals surface area contributed by atoms with Crippen LogP contribution in [0.5, 0.6) is 0 Å². The summed E-state index contributed by atoms with van der Waals surface area (Å²) in [5, 5.41) is 9.14. The number of hydrogen-bond donors (Lipinski definition) is 3. The van der Waals surface area contributed by atoms with Gasteiger partial charge in [-0.3, -0.25) is 9.89 Å². The fraction of sp³-hybridized carbons (Fsp3) is 0.231. The average molecular weight is 387 g/mol. The third-order valence-corrected chi connectivity index (χ3v) is 4.68. The van der Waals surface area contributed by atoms with Crippen molar-refractivity contribution in [2.24, 2.45) is 0 Å². The number of anilines is 1. The standard InChI is InChI=1S/C13H15BrN4O3S/c1-9-7-12(18-17-9)16-13(19)5-6-15-22(20,21)11-4-2-3-10(14)8-11/h2-4,7-8,15H,5-6H2,1H3,(H2,16,17,18,19). The van der Waals surface area contributed by atoms with Gasteiger partial charge in [-0.2, -0.15) is 5.10 Å². The first-order valence-corrected chi connectivity index (χ1v) is 8.71. The van der Waals surface area contributed by atoms with E-state index in [9.17, 15) is 13.2 Å². The molecule has 0 aliphatic carbocycles. The number of nitrogens with zero attached hydrogens (tertiary/aromatic N) is 1. The van der Waals surface area contributed by atoms with Crippen LogP contribution >= 0.6 is 15.9 Å². The van der Waals surface area contributed by atoms with Crippen LogP contribution in [0.4, 0.5) is 5.82 Å². The normalized spacial score (nSPS) is 11.4. The van der Waals surface area contributed by atoms with Gasteiger partial charge in [0.15, 0.2) is 5.82 Å². The SMILES string of the molecule is Cc1cc(NC(=O)CCNS(=O)(=O)c2cccc(Br)c2)n[nH]1. The quantitative estimate of drug-likeness (QED) is 0.703. The number of H-pyrrole nitrogens is 1. The van der Waals surface area contributed by atoms with Crippen molar-refractivity contribution in [1.82, 2.24) is 14.9 Å². The summed E-state index contributed by atoms with van der Waals surface area (Å²) in [7, 11) is -3.63. The Bertz CT molecular complexity index is 773. The third kappa shape index (κ3) is 4.65. The Kier molecular flexibility index (Phi) is 5.33. The number of halogens is 1. The van der Waals surface area contributed by atoms with Gasteiger partial charge in [-0.15, -0.1) is 0 Å². The van der Waals surface area contributed by atoms with E-state index >= 15 is 0 Å². The maximum absolute atomic E-state index is 12.0. The second kappa shape index (κ2) is 7.03. The van der Waals surface area contributed by atoms with Crippen LogP contribution in [0.3, 0.4) is 0 Å². The van der Waals surface area contributed by atoms with Gasteiger partial charge in [-0.1, -0.05) is 22.0 Å². The molecule has 1 aromatic carbocycles. The number of carbonyl (C=O) groups is 1. The fourth-order valence-electron chi connectivity index (χ4n) is 1.70. The first-order chi connectivity index (χ1) is 10.4. The van der Waals surface area contributed by atoms with Crippen molar-refractivity contribution < 1.29 is 13.2 Å². The summed E-state index contributed by atoms with van der Waals surface area (Å²) >= 11 is 3.22. The Labute approximate surface area is 136 Å². The highest BCUT2D eigenvalue weighted by Gasteiger charge is 2.14. The molecule has 0 bridgehead atoms. The predicted molar refractivity (Wildman–Crippen MR) is 85.9 cm³/mol. The number of aromatic amines is 1. The van der Waals surface area contributed by atoms with E-state index in [1.165, 1.54) is 12.1 Å². The van der Waals surface area contributed by atoms with Crippen LogP contribution in [-0.4, -0.2) is 31.1 Å². The molecule has 3 N–H and O–H groups in total. The number of benzene rings is 1. The second-order valence-electron chi connectivity index (χ2n) is 4.59. The van der Waals surface area contributed by atoms with Crippen molar-refractivity contribution in [3.63, 3.8) is 0 Å². The molecule has 1 amide bonds. The van der Waals surface area contributed by atoms with Crippen LogP contribution in [0.2, 0.25) is 0 Å². The highest BCUT2D eigenvalue weighted by Crippen LogP contribution is 2.15. The summed E-state index contributed by atoms with van der Waals surface area (Å²) in [5.41, 5.74) is 0.825. The smallest absolute Gasteiger partial charge is 0.240 e. The monoisotopic (exact) mass is 386 g/mol. The Morgan fingerprint density at radius 1 is 1.36 bits per heavy atom. The summed E-state index contributed by atoms with van der Waals surface area (Å²) in [5.74, 6) is 0.0980. The Morgan fingerprint density at radius 3 is 2.77 bits per heavy atom. The number of aryl methyl sites for hydroxylation is 1. The lowest BCUT2D eigenvalue weighted by atomic mass is 10.4. The van der Waals surface area contributed by atoms with E-state index in [4.69, 9.17) is 0 Å². The summed E-state index contributed by atoms with van der Waals surface area (Å²) in [4.78, 5) is 11.8. The molecule has 0 unspecified atom stereocenters. The van der Waals surface area contributed by atoms with Crippen molar-refractivity contribution in [2.75, 3.05) is 11.9 Å². The molecule has 118 valence electrons. The van der Waals surface area contributed by atoms with Gasteiger partial charge in [0.05, 0.1) is 4.90 Å². The molecule has 0 aliphatic rings. The van der Waals surface area contributed by atoms with Crippen LogP contribution in [0.15, 0.2) is 39.7 Å². The minimum Gasteiger partial charge on any atom is -0.309 e. The van der Waals surface area contributed by atoms with E-state index in [0.29, 0.717) is 10.3 Å². The van der Waals surface area contributed by atoms with Gasteiger partial charge in [0.2, 0.25) is 15.9 Å². The van der Waals surface area contributed by atoms with Crippen LogP contribution in [-0.2, 0) is 14.8 Å². The van der Waals surface area contributed by atoms with Gasteiger partial charge in [0.25, 0.3) is 0 Å². The zero-order valence-electron chi connectivity index (χ0n) is 11.8. The highest BCUT2D eigenvalue weighted by molar-refractivity contribution is 9.10. The molecule has 1 aromatic heterocycles. The first kappa shape index (κ1) is 16.7. The van der Waals surface area contributed by atoms with Crippen molar-refractivity contribution in [1.29, 1.82) is 0 Å². The molecule has 7 nitrogen and oxygen atoms in total. The van der Waals surface area contributed by atoms with Crippen molar-refractivity contribution in [3.05, 3.63) is 40.5 Å². The lowest BCUT2D eigenvalue weighted by Gasteiger charge is -2.07. The van der Waals surface area contributed by atoms with Crippen molar-refractivity contribution >= 4 is 37.7 Å². The molecular formula is C13H15BrN4O3S. The zero-order chi connectivity index (χ0) is 16.2. The molecule has 0 fully saturated rings. The molecular weight excluding hydrogens is 372 g/mol. The van der Waals surface area contributed by atoms with E-state index in [1.54, 1.807) is 18.2 Å². The number of sulfonamides is 1. The van der Waals surface area contributed by atoms with Crippen molar-refractivity contribution in [2.45, 2.75) is 18.2 Å².